The summed E-state index contributed by atoms with van der Waals surface area (Å²) in [6.07, 6.45) is 5.81. The second kappa shape index (κ2) is 6.74. The quantitative estimate of drug-likeness (QED) is 0.733. The number of rotatable bonds is 2. The third-order valence-electron chi connectivity index (χ3n) is 5.05. The molecule has 1 N–H and O–H groups in total. The van der Waals surface area contributed by atoms with E-state index in [0.717, 1.165) is 72.0 Å². The maximum Gasteiger partial charge on any atom is 0.323 e. The third-order valence-corrected chi connectivity index (χ3v) is 6.07. The fourth-order valence-electron chi connectivity index (χ4n) is 3.62. The van der Waals surface area contributed by atoms with Crippen LogP contribution in [-0.4, -0.2) is 39.0 Å². The van der Waals surface area contributed by atoms with Crippen LogP contribution in [-0.2, 0) is 12.8 Å². The number of amides is 2. The van der Waals surface area contributed by atoms with Crippen LogP contribution in [0.25, 0.3) is 22.0 Å². The molecule has 136 valence electrons. The average Bonchev–Trinajstić information content (AvgIpc) is 3.38. The number of anilines is 1. The van der Waals surface area contributed by atoms with Crippen molar-refractivity contribution in [2.24, 2.45) is 0 Å². The van der Waals surface area contributed by atoms with Crippen molar-refractivity contribution in [2.75, 3.05) is 18.4 Å². The smallest absolute Gasteiger partial charge is 0.323 e. The number of aromatic nitrogens is 3. The lowest BCUT2D eigenvalue weighted by atomic mass is 9.99. The van der Waals surface area contributed by atoms with Crippen LogP contribution in [0, 0.1) is 0 Å². The zero-order valence-electron chi connectivity index (χ0n) is 14.8. The minimum absolute atomic E-state index is 0.0496. The van der Waals surface area contributed by atoms with Crippen molar-refractivity contribution in [3.63, 3.8) is 0 Å². The van der Waals surface area contributed by atoms with Gasteiger partial charge in [0.15, 0.2) is 11.0 Å². The molecule has 2 aliphatic rings. The number of thiazole rings is 1. The maximum atomic E-state index is 12.4. The molecule has 0 radical (unpaired) electrons. The molecular weight excluding hydrogens is 358 g/mol. The van der Waals surface area contributed by atoms with E-state index in [2.05, 4.69) is 15.3 Å². The van der Waals surface area contributed by atoms with Gasteiger partial charge in [-0.1, -0.05) is 41.7 Å². The number of fused-ring (bicyclic) bond motifs is 3. The molecule has 1 fully saturated rings. The molecular formula is C20H19N5OS. The number of hydrogen-bond donors (Lipinski definition) is 1. The van der Waals surface area contributed by atoms with E-state index in [1.54, 1.807) is 0 Å². The Labute approximate surface area is 161 Å². The molecule has 0 saturated carbocycles. The average molecular weight is 377 g/mol. The Morgan fingerprint density at radius 3 is 2.70 bits per heavy atom. The first-order valence-electron chi connectivity index (χ1n) is 9.25. The summed E-state index contributed by atoms with van der Waals surface area (Å²) < 4.78 is 0. The fourth-order valence-corrected chi connectivity index (χ4v) is 4.64. The molecule has 2 aromatic heterocycles. The van der Waals surface area contributed by atoms with E-state index < -0.39 is 0 Å². The maximum absolute atomic E-state index is 12.4. The Morgan fingerprint density at radius 1 is 1.07 bits per heavy atom. The number of carbonyl (C=O) groups is 1. The van der Waals surface area contributed by atoms with E-state index in [1.165, 1.54) is 11.3 Å². The van der Waals surface area contributed by atoms with Crippen molar-refractivity contribution in [3.8, 4) is 22.0 Å². The van der Waals surface area contributed by atoms with Crippen molar-refractivity contribution < 1.29 is 4.79 Å². The van der Waals surface area contributed by atoms with Crippen molar-refractivity contribution in [2.45, 2.75) is 25.7 Å². The van der Waals surface area contributed by atoms with Gasteiger partial charge >= 0.3 is 6.03 Å². The zero-order valence-corrected chi connectivity index (χ0v) is 15.6. The van der Waals surface area contributed by atoms with Crippen LogP contribution >= 0.6 is 11.3 Å². The molecule has 6 nitrogen and oxygen atoms in total. The molecule has 7 heteroatoms. The van der Waals surface area contributed by atoms with E-state index in [0.29, 0.717) is 5.13 Å². The Bertz CT molecular complexity index is 995. The van der Waals surface area contributed by atoms with Gasteiger partial charge in [-0.15, -0.1) is 0 Å². The number of benzene rings is 1. The number of hydrogen-bond acceptors (Lipinski definition) is 5. The first-order chi connectivity index (χ1) is 13.3. The van der Waals surface area contributed by atoms with Gasteiger partial charge in [0, 0.05) is 24.8 Å². The van der Waals surface area contributed by atoms with Gasteiger partial charge in [-0.2, -0.15) is 0 Å². The second-order valence-corrected chi connectivity index (χ2v) is 7.85. The van der Waals surface area contributed by atoms with Crippen LogP contribution in [0.1, 0.15) is 24.1 Å². The highest BCUT2D eigenvalue weighted by atomic mass is 32.1. The van der Waals surface area contributed by atoms with Crippen LogP contribution in [0.2, 0.25) is 0 Å². The van der Waals surface area contributed by atoms with Gasteiger partial charge in [0.1, 0.15) is 0 Å². The first-order valence-corrected chi connectivity index (χ1v) is 10.1. The van der Waals surface area contributed by atoms with E-state index >= 15 is 0 Å². The number of nitrogens with zero attached hydrogens (tertiary/aromatic N) is 4. The largest absolute Gasteiger partial charge is 0.324 e. The molecule has 0 bridgehead atoms. The fraction of sp³-hybridized carbons (Fsp3) is 0.300. The summed E-state index contributed by atoms with van der Waals surface area (Å²) in [4.78, 5) is 29.3. The summed E-state index contributed by atoms with van der Waals surface area (Å²) >= 11 is 1.51. The summed E-state index contributed by atoms with van der Waals surface area (Å²) in [7, 11) is 0. The van der Waals surface area contributed by atoms with Crippen LogP contribution in [0.15, 0.2) is 36.5 Å². The van der Waals surface area contributed by atoms with Crippen molar-refractivity contribution in [1.29, 1.82) is 0 Å². The molecule has 1 saturated heterocycles. The third kappa shape index (κ3) is 3.08. The molecule has 1 aliphatic carbocycles. The minimum atomic E-state index is -0.0496. The zero-order chi connectivity index (χ0) is 18.2. The Balaban J connectivity index is 1.46. The predicted molar refractivity (Wildman–Crippen MR) is 106 cm³/mol. The van der Waals surface area contributed by atoms with Crippen LogP contribution in [0.5, 0.6) is 0 Å². The van der Waals surface area contributed by atoms with Crippen LogP contribution in [0.4, 0.5) is 9.93 Å². The van der Waals surface area contributed by atoms with E-state index in [-0.39, 0.29) is 6.03 Å². The standard InChI is InChI=1S/C20H19N5OS/c26-20(25-10-4-5-11-25)24-19-22-15-9-8-14-12-21-18(13-6-2-1-3-7-13)23-16(14)17(15)27-19/h1-3,6-7,12H,4-5,8-11H2,(H,22,24,26). The first kappa shape index (κ1) is 16.4. The number of nitrogens with one attached hydrogen (secondary N) is 1. The normalized spacial score (nSPS) is 15.3. The topological polar surface area (TPSA) is 71.0 Å². The van der Waals surface area contributed by atoms with Gasteiger partial charge in [-0.25, -0.2) is 19.7 Å². The van der Waals surface area contributed by atoms with Crippen LogP contribution < -0.4 is 5.32 Å². The van der Waals surface area contributed by atoms with E-state index in [1.807, 2.05) is 41.4 Å². The number of aryl methyl sites for hydroxylation is 2. The lowest BCUT2D eigenvalue weighted by Crippen LogP contribution is -2.32. The molecule has 27 heavy (non-hydrogen) atoms. The summed E-state index contributed by atoms with van der Waals surface area (Å²) in [6.45, 7) is 1.65. The minimum Gasteiger partial charge on any atom is -0.324 e. The van der Waals surface area contributed by atoms with Gasteiger partial charge in [-0.3, -0.25) is 5.32 Å². The molecule has 1 aromatic carbocycles. The molecule has 0 unspecified atom stereocenters. The van der Waals surface area contributed by atoms with Gasteiger partial charge in [0.25, 0.3) is 0 Å². The highest BCUT2D eigenvalue weighted by Crippen LogP contribution is 2.39. The Hall–Kier alpha value is -2.80. The van der Waals surface area contributed by atoms with E-state index in [9.17, 15) is 4.79 Å². The molecule has 1 aliphatic heterocycles. The molecule has 5 rings (SSSR count). The van der Waals surface area contributed by atoms with Crippen LogP contribution in [0.3, 0.4) is 0 Å². The van der Waals surface area contributed by atoms with Crippen molar-refractivity contribution >= 4 is 22.5 Å². The summed E-state index contributed by atoms with van der Waals surface area (Å²) in [5.74, 6) is 0.721. The predicted octanol–water partition coefficient (Wildman–Crippen LogP) is 3.99. The number of likely N-dealkylation sites (tertiary alicyclic amines) is 1. The van der Waals surface area contributed by atoms with Crippen molar-refractivity contribution in [3.05, 3.63) is 47.8 Å². The summed E-state index contributed by atoms with van der Waals surface area (Å²) in [5.41, 5.74) is 4.11. The molecule has 0 atom stereocenters. The highest BCUT2D eigenvalue weighted by molar-refractivity contribution is 7.19. The Kier molecular flexibility index (Phi) is 4.09. The molecule has 0 spiro atoms. The monoisotopic (exact) mass is 377 g/mol. The second-order valence-electron chi connectivity index (χ2n) is 6.85. The van der Waals surface area contributed by atoms with E-state index in [4.69, 9.17) is 4.98 Å². The van der Waals surface area contributed by atoms with Gasteiger partial charge in [0.2, 0.25) is 0 Å². The number of carbonyl (C=O) groups excluding carboxylic acids is 1. The molecule has 3 aromatic rings. The number of urea groups is 1. The van der Waals surface area contributed by atoms with Gasteiger partial charge < -0.3 is 4.90 Å². The summed E-state index contributed by atoms with van der Waals surface area (Å²) in [6, 6.07) is 9.94. The Morgan fingerprint density at radius 2 is 1.89 bits per heavy atom. The van der Waals surface area contributed by atoms with Gasteiger partial charge in [-0.05, 0) is 31.2 Å². The highest BCUT2D eigenvalue weighted by Gasteiger charge is 2.25. The summed E-state index contributed by atoms with van der Waals surface area (Å²) in [5, 5.41) is 3.63. The van der Waals surface area contributed by atoms with Crippen molar-refractivity contribution in [1.82, 2.24) is 19.9 Å². The lowest BCUT2D eigenvalue weighted by molar-refractivity contribution is 0.222. The van der Waals surface area contributed by atoms with Gasteiger partial charge in [0.05, 0.1) is 16.3 Å². The lowest BCUT2D eigenvalue weighted by Gasteiger charge is -2.14. The SMILES string of the molecule is O=C(Nc1nc2c(s1)-c1nc(-c3ccccc3)ncc1CC2)N1CCCC1. The molecule has 3 heterocycles. The molecule has 2 amide bonds.